The van der Waals surface area contributed by atoms with Gasteiger partial charge in [-0.1, -0.05) is 32.9 Å². The van der Waals surface area contributed by atoms with Crippen LogP contribution in [0.1, 0.15) is 45.7 Å². The van der Waals surface area contributed by atoms with Crippen LogP contribution in [0.25, 0.3) is 11.1 Å². The van der Waals surface area contributed by atoms with E-state index in [1.165, 1.54) is 13.8 Å². The number of hydrogen-bond donors (Lipinski definition) is 7. The van der Waals surface area contributed by atoms with Crippen molar-refractivity contribution in [3.63, 3.8) is 0 Å². The van der Waals surface area contributed by atoms with E-state index in [2.05, 4.69) is 0 Å². The van der Waals surface area contributed by atoms with E-state index in [9.17, 15) is 35.7 Å². The molecule has 0 radical (unpaired) electrons. The standard InChI is InChI=1S/C31H44O11/c1-6-17-12-19(8-10-21(17)39-28-30(4,37)26(35)16(3)23(14-32)41-28)20-9-11-22(18(7-2)13-20)40-29-31(5,38)27(36)25(34)24(15-33)42-29/h8-13,16,23-29,32-38H,6-7,14-15H2,1-5H3. The number of aryl methyl sites for hydroxylation is 2. The minimum Gasteiger partial charge on any atom is -0.461 e. The zero-order chi connectivity index (χ0) is 31.0. The van der Waals surface area contributed by atoms with Crippen LogP contribution in [0.3, 0.4) is 0 Å². The zero-order valence-electron chi connectivity index (χ0n) is 24.7. The number of ether oxygens (including phenoxy) is 4. The summed E-state index contributed by atoms with van der Waals surface area (Å²) in [5.74, 6) is 0.419. The van der Waals surface area contributed by atoms with Gasteiger partial charge in [-0.05, 0) is 73.2 Å². The second kappa shape index (κ2) is 12.7. The Kier molecular flexibility index (Phi) is 9.88. The van der Waals surface area contributed by atoms with E-state index in [-0.39, 0.29) is 6.61 Å². The molecular weight excluding hydrogens is 548 g/mol. The lowest BCUT2D eigenvalue weighted by Gasteiger charge is -2.46. The summed E-state index contributed by atoms with van der Waals surface area (Å²) in [6.45, 7) is 7.50. The summed E-state index contributed by atoms with van der Waals surface area (Å²) in [6, 6.07) is 11.1. The molecule has 2 aromatic rings. The van der Waals surface area contributed by atoms with Crippen LogP contribution in [0, 0.1) is 5.92 Å². The third-order valence-electron chi connectivity index (χ3n) is 8.58. The number of benzene rings is 2. The Hall–Kier alpha value is -2.32. The highest BCUT2D eigenvalue weighted by molar-refractivity contribution is 5.68. The van der Waals surface area contributed by atoms with Crippen molar-refractivity contribution in [2.24, 2.45) is 5.92 Å². The van der Waals surface area contributed by atoms with Gasteiger partial charge in [0.25, 0.3) is 0 Å². The minimum absolute atomic E-state index is 0.317. The normalized spacial score (nSPS) is 37.0. The van der Waals surface area contributed by atoms with Crippen LogP contribution in [0.15, 0.2) is 36.4 Å². The molecule has 0 amide bonds. The molecule has 42 heavy (non-hydrogen) atoms. The summed E-state index contributed by atoms with van der Waals surface area (Å²) < 4.78 is 23.5. The van der Waals surface area contributed by atoms with E-state index >= 15 is 0 Å². The molecular formula is C31H44O11. The summed E-state index contributed by atoms with van der Waals surface area (Å²) >= 11 is 0. The van der Waals surface area contributed by atoms with Crippen molar-refractivity contribution in [1.29, 1.82) is 0 Å². The average molecular weight is 593 g/mol. The molecule has 0 bridgehead atoms. The summed E-state index contributed by atoms with van der Waals surface area (Å²) in [5.41, 5.74) is -0.217. The molecule has 7 N–H and O–H groups in total. The van der Waals surface area contributed by atoms with E-state index < -0.39 is 66.8 Å². The second-order valence-electron chi connectivity index (χ2n) is 11.7. The highest BCUT2D eigenvalue weighted by Crippen LogP contribution is 2.38. The molecule has 11 heteroatoms. The van der Waals surface area contributed by atoms with Gasteiger partial charge in [0.05, 0.1) is 25.4 Å². The highest BCUT2D eigenvalue weighted by atomic mass is 16.7. The lowest BCUT2D eigenvalue weighted by atomic mass is 9.82. The molecule has 2 fully saturated rings. The number of hydrogen-bond acceptors (Lipinski definition) is 11. The van der Waals surface area contributed by atoms with E-state index in [1.807, 2.05) is 38.1 Å². The monoisotopic (exact) mass is 592 g/mol. The van der Waals surface area contributed by atoms with Gasteiger partial charge >= 0.3 is 0 Å². The summed E-state index contributed by atoms with van der Waals surface area (Å²) in [4.78, 5) is 0. The second-order valence-corrected chi connectivity index (χ2v) is 11.7. The first kappa shape index (κ1) is 32.6. The third kappa shape index (κ3) is 6.03. The maximum atomic E-state index is 11.0. The van der Waals surface area contributed by atoms with Gasteiger partial charge in [-0.25, -0.2) is 0 Å². The van der Waals surface area contributed by atoms with E-state index in [0.29, 0.717) is 24.3 Å². The SMILES string of the molecule is CCc1cc(-c2ccc(OC3OC(CO)C(O)C(O)C3(C)O)c(CC)c2)ccc1OC1OC(CO)C(C)C(O)C1(C)O. The Labute approximate surface area is 245 Å². The van der Waals surface area contributed by atoms with E-state index in [0.717, 1.165) is 22.3 Å². The highest BCUT2D eigenvalue weighted by Gasteiger charge is 2.54. The molecule has 10 unspecified atom stereocenters. The Balaban J connectivity index is 1.57. The zero-order valence-corrected chi connectivity index (χ0v) is 24.7. The Bertz CT molecular complexity index is 1120. The molecule has 11 nitrogen and oxygen atoms in total. The lowest BCUT2D eigenvalue weighted by molar-refractivity contribution is -0.315. The Morgan fingerprint density at radius 3 is 1.57 bits per heavy atom. The van der Waals surface area contributed by atoms with Crippen molar-refractivity contribution in [3.8, 4) is 22.6 Å². The number of aliphatic hydroxyl groups excluding tert-OH is 5. The van der Waals surface area contributed by atoms with E-state index in [4.69, 9.17) is 18.9 Å². The molecule has 10 atom stereocenters. The lowest BCUT2D eigenvalue weighted by Crippen LogP contribution is -2.66. The van der Waals surface area contributed by atoms with Crippen LogP contribution in [-0.4, -0.2) is 103 Å². The van der Waals surface area contributed by atoms with Gasteiger partial charge in [0.15, 0.2) is 5.60 Å². The molecule has 234 valence electrons. The molecule has 2 aromatic carbocycles. The molecule has 2 aliphatic heterocycles. The first-order valence-corrected chi connectivity index (χ1v) is 14.4. The van der Waals surface area contributed by atoms with E-state index in [1.54, 1.807) is 19.1 Å². The van der Waals surface area contributed by atoms with Crippen molar-refractivity contribution in [2.45, 2.75) is 102 Å². The topological polar surface area (TPSA) is 179 Å². The third-order valence-corrected chi connectivity index (χ3v) is 8.58. The molecule has 0 aromatic heterocycles. The van der Waals surface area contributed by atoms with Gasteiger partial charge in [-0.2, -0.15) is 0 Å². The van der Waals surface area contributed by atoms with Crippen LogP contribution in [0.5, 0.6) is 11.5 Å². The van der Waals surface area contributed by atoms with Crippen LogP contribution < -0.4 is 9.47 Å². The van der Waals surface area contributed by atoms with Crippen molar-refractivity contribution < 1.29 is 54.7 Å². The Morgan fingerprint density at radius 1 is 0.714 bits per heavy atom. The van der Waals surface area contributed by atoms with Crippen LogP contribution in [-0.2, 0) is 22.3 Å². The predicted molar refractivity (Wildman–Crippen MR) is 152 cm³/mol. The fourth-order valence-electron chi connectivity index (χ4n) is 5.55. The predicted octanol–water partition coefficient (Wildman–Crippen LogP) is 0.891. The van der Waals surface area contributed by atoms with Crippen LogP contribution in [0.4, 0.5) is 0 Å². The minimum atomic E-state index is -1.93. The summed E-state index contributed by atoms with van der Waals surface area (Å²) in [7, 11) is 0. The fourth-order valence-corrected chi connectivity index (χ4v) is 5.55. The van der Waals surface area contributed by atoms with Crippen LogP contribution >= 0.6 is 0 Å². The van der Waals surface area contributed by atoms with Crippen molar-refractivity contribution in [2.75, 3.05) is 13.2 Å². The molecule has 2 heterocycles. The summed E-state index contributed by atoms with van der Waals surface area (Å²) in [6.07, 6.45) is -7.36. The van der Waals surface area contributed by atoms with Gasteiger partial charge in [-0.3, -0.25) is 0 Å². The first-order chi connectivity index (χ1) is 19.8. The fraction of sp³-hybridized carbons (Fsp3) is 0.613. The molecule has 2 saturated heterocycles. The smallest absolute Gasteiger partial charge is 0.231 e. The molecule has 4 rings (SSSR count). The van der Waals surface area contributed by atoms with Gasteiger partial charge in [0.2, 0.25) is 12.6 Å². The number of rotatable bonds is 9. The largest absolute Gasteiger partial charge is 0.461 e. The van der Waals surface area contributed by atoms with Crippen molar-refractivity contribution >= 4 is 0 Å². The molecule has 0 aliphatic carbocycles. The maximum absolute atomic E-state index is 11.0. The molecule has 2 aliphatic rings. The average Bonchev–Trinajstić information content (AvgIpc) is 2.98. The first-order valence-electron chi connectivity index (χ1n) is 14.4. The maximum Gasteiger partial charge on any atom is 0.231 e. The van der Waals surface area contributed by atoms with Gasteiger partial charge < -0.3 is 54.7 Å². The Morgan fingerprint density at radius 2 is 1.14 bits per heavy atom. The molecule has 0 spiro atoms. The van der Waals surface area contributed by atoms with Gasteiger partial charge in [0.1, 0.15) is 35.4 Å². The van der Waals surface area contributed by atoms with Gasteiger partial charge in [-0.15, -0.1) is 0 Å². The van der Waals surface area contributed by atoms with Gasteiger partial charge in [0, 0.05) is 5.92 Å². The summed E-state index contributed by atoms with van der Waals surface area (Å²) in [5, 5.41) is 72.2. The molecule has 0 saturated carbocycles. The van der Waals surface area contributed by atoms with Crippen molar-refractivity contribution in [3.05, 3.63) is 47.5 Å². The van der Waals surface area contributed by atoms with Crippen LogP contribution in [0.2, 0.25) is 0 Å². The number of aliphatic hydroxyl groups is 7. The quantitative estimate of drug-likeness (QED) is 0.220. The van der Waals surface area contributed by atoms with Crippen molar-refractivity contribution in [1.82, 2.24) is 0 Å².